The zero-order valence-electron chi connectivity index (χ0n) is 9.93. The van der Waals surface area contributed by atoms with Crippen LogP contribution < -0.4 is 4.74 Å². The fourth-order valence-corrected chi connectivity index (χ4v) is 0.950. The SMILES string of the molecule is COc1ccc(C(=O)OOC(=O)C(C)C)cc1. The first-order valence-electron chi connectivity index (χ1n) is 5.11. The molecule has 0 atom stereocenters. The predicted octanol–water partition coefficient (Wildman–Crippen LogP) is 1.97. The lowest BCUT2D eigenvalue weighted by atomic mass is 10.2. The van der Waals surface area contributed by atoms with Crippen molar-refractivity contribution in [2.45, 2.75) is 13.8 Å². The molecule has 17 heavy (non-hydrogen) atoms. The van der Waals surface area contributed by atoms with Crippen LogP contribution >= 0.6 is 0 Å². The van der Waals surface area contributed by atoms with Crippen molar-refractivity contribution >= 4 is 11.9 Å². The van der Waals surface area contributed by atoms with Crippen LogP contribution in [-0.4, -0.2) is 19.0 Å². The van der Waals surface area contributed by atoms with Crippen LogP contribution in [-0.2, 0) is 14.6 Å². The van der Waals surface area contributed by atoms with Crippen molar-refractivity contribution in [1.29, 1.82) is 0 Å². The van der Waals surface area contributed by atoms with E-state index in [4.69, 9.17) is 4.74 Å². The Kier molecular flexibility index (Phi) is 4.51. The predicted molar refractivity (Wildman–Crippen MR) is 59.3 cm³/mol. The molecule has 0 bridgehead atoms. The van der Waals surface area contributed by atoms with Crippen LogP contribution in [0.25, 0.3) is 0 Å². The van der Waals surface area contributed by atoms with Crippen molar-refractivity contribution in [2.24, 2.45) is 5.92 Å². The highest BCUT2D eigenvalue weighted by atomic mass is 17.2. The van der Waals surface area contributed by atoms with Crippen molar-refractivity contribution in [2.75, 3.05) is 7.11 Å². The van der Waals surface area contributed by atoms with E-state index < -0.39 is 11.9 Å². The van der Waals surface area contributed by atoms with Gasteiger partial charge in [-0.3, -0.25) is 0 Å². The molecule has 0 radical (unpaired) electrons. The monoisotopic (exact) mass is 238 g/mol. The Morgan fingerprint density at radius 1 is 1.06 bits per heavy atom. The second-order valence-corrected chi connectivity index (χ2v) is 3.66. The quantitative estimate of drug-likeness (QED) is 0.595. The van der Waals surface area contributed by atoms with E-state index in [1.165, 1.54) is 19.2 Å². The molecule has 0 aromatic heterocycles. The fourth-order valence-electron chi connectivity index (χ4n) is 0.950. The number of hydrogen-bond donors (Lipinski definition) is 0. The highest BCUT2D eigenvalue weighted by Crippen LogP contribution is 2.12. The number of carbonyl (C=O) groups is 2. The summed E-state index contributed by atoms with van der Waals surface area (Å²) in [4.78, 5) is 31.2. The molecule has 0 heterocycles. The average Bonchev–Trinajstić information content (AvgIpc) is 2.35. The molecule has 0 fully saturated rings. The summed E-state index contributed by atoms with van der Waals surface area (Å²) >= 11 is 0. The second-order valence-electron chi connectivity index (χ2n) is 3.66. The minimum Gasteiger partial charge on any atom is -0.497 e. The zero-order chi connectivity index (χ0) is 12.8. The van der Waals surface area contributed by atoms with E-state index in [0.29, 0.717) is 5.75 Å². The normalized spacial score (nSPS) is 9.88. The lowest BCUT2D eigenvalue weighted by Gasteiger charge is -2.05. The number of hydrogen-bond acceptors (Lipinski definition) is 5. The van der Waals surface area contributed by atoms with Gasteiger partial charge >= 0.3 is 11.9 Å². The van der Waals surface area contributed by atoms with Crippen molar-refractivity contribution in [3.8, 4) is 5.75 Å². The number of ether oxygens (including phenoxy) is 1. The van der Waals surface area contributed by atoms with Crippen LogP contribution in [0.15, 0.2) is 24.3 Å². The zero-order valence-corrected chi connectivity index (χ0v) is 9.93. The Balaban J connectivity index is 2.55. The van der Waals surface area contributed by atoms with Gasteiger partial charge in [0.2, 0.25) is 0 Å². The molecule has 0 N–H and O–H groups in total. The molecule has 0 saturated heterocycles. The summed E-state index contributed by atoms with van der Waals surface area (Å²) in [6, 6.07) is 6.26. The molecule has 0 aliphatic rings. The van der Waals surface area contributed by atoms with Gasteiger partial charge in [0.1, 0.15) is 5.75 Å². The van der Waals surface area contributed by atoms with Gasteiger partial charge in [0, 0.05) is 0 Å². The molecule has 5 heteroatoms. The molecule has 0 spiro atoms. The highest BCUT2D eigenvalue weighted by Gasteiger charge is 2.14. The maximum absolute atomic E-state index is 11.4. The van der Waals surface area contributed by atoms with E-state index >= 15 is 0 Å². The standard InChI is InChI=1S/C12H14O5/c1-8(2)11(13)16-17-12(14)9-4-6-10(15-3)7-5-9/h4-8H,1-3H3. The molecule has 1 rings (SSSR count). The Morgan fingerprint density at radius 2 is 1.65 bits per heavy atom. The second kappa shape index (κ2) is 5.89. The summed E-state index contributed by atoms with van der Waals surface area (Å²) in [7, 11) is 1.53. The minimum absolute atomic E-state index is 0.280. The van der Waals surface area contributed by atoms with E-state index in [1.807, 2.05) is 0 Å². The first kappa shape index (κ1) is 13.0. The average molecular weight is 238 g/mol. The summed E-state index contributed by atoms with van der Waals surface area (Å²) in [5, 5.41) is 0. The third kappa shape index (κ3) is 3.79. The van der Waals surface area contributed by atoms with E-state index in [9.17, 15) is 9.59 Å². The summed E-state index contributed by atoms with van der Waals surface area (Å²) < 4.78 is 4.94. The van der Waals surface area contributed by atoms with Crippen molar-refractivity contribution in [3.05, 3.63) is 29.8 Å². The smallest absolute Gasteiger partial charge is 0.386 e. The Morgan fingerprint density at radius 3 is 2.12 bits per heavy atom. The maximum atomic E-state index is 11.4. The first-order valence-corrected chi connectivity index (χ1v) is 5.11. The number of methoxy groups -OCH3 is 1. The van der Waals surface area contributed by atoms with Crippen LogP contribution in [0.3, 0.4) is 0 Å². The van der Waals surface area contributed by atoms with Gasteiger partial charge in [0.25, 0.3) is 0 Å². The van der Waals surface area contributed by atoms with Crippen LogP contribution in [0.5, 0.6) is 5.75 Å². The molecule has 1 aromatic rings. The third-order valence-corrected chi connectivity index (χ3v) is 2.00. The number of benzene rings is 1. The third-order valence-electron chi connectivity index (χ3n) is 2.00. The molecule has 0 aliphatic carbocycles. The highest BCUT2D eigenvalue weighted by molar-refractivity contribution is 5.89. The van der Waals surface area contributed by atoms with Crippen LogP contribution in [0.4, 0.5) is 0 Å². The van der Waals surface area contributed by atoms with Crippen LogP contribution in [0.1, 0.15) is 24.2 Å². The van der Waals surface area contributed by atoms with E-state index in [2.05, 4.69) is 9.78 Å². The Labute approximate surface area is 99.2 Å². The van der Waals surface area contributed by atoms with Crippen molar-refractivity contribution in [1.82, 2.24) is 0 Å². The largest absolute Gasteiger partial charge is 0.497 e. The lowest BCUT2D eigenvalue weighted by Crippen LogP contribution is -2.15. The van der Waals surface area contributed by atoms with Gasteiger partial charge in [-0.15, -0.1) is 0 Å². The topological polar surface area (TPSA) is 61.8 Å². The molecule has 0 unspecified atom stereocenters. The number of rotatable bonds is 3. The van der Waals surface area contributed by atoms with Crippen LogP contribution in [0, 0.1) is 5.92 Å². The van der Waals surface area contributed by atoms with Crippen molar-refractivity contribution in [3.63, 3.8) is 0 Å². The van der Waals surface area contributed by atoms with E-state index in [0.717, 1.165) is 0 Å². The summed E-state index contributed by atoms with van der Waals surface area (Å²) in [5.41, 5.74) is 0.280. The van der Waals surface area contributed by atoms with Gasteiger partial charge in [-0.2, -0.15) is 0 Å². The summed E-state index contributed by atoms with van der Waals surface area (Å²) in [6.07, 6.45) is 0. The molecule has 92 valence electrons. The molecule has 0 amide bonds. The summed E-state index contributed by atoms with van der Waals surface area (Å²) in [6.45, 7) is 3.28. The van der Waals surface area contributed by atoms with Gasteiger partial charge in [0.05, 0.1) is 18.6 Å². The van der Waals surface area contributed by atoms with Crippen LogP contribution in [0.2, 0.25) is 0 Å². The molecule has 0 aliphatic heterocycles. The van der Waals surface area contributed by atoms with E-state index in [-0.39, 0.29) is 11.5 Å². The molecular formula is C12H14O5. The van der Waals surface area contributed by atoms with Crippen molar-refractivity contribution < 1.29 is 24.1 Å². The van der Waals surface area contributed by atoms with Gasteiger partial charge in [-0.1, -0.05) is 13.8 Å². The first-order chi connectivity index (χ1) is 8.04. The number of carbonyl (C=O) groups excluding carboxylic acids is 2. The molecule has 5 nitrogen and oxygen atoms in total. The van der Waals surface area contributed by atoms with Gasteiger partial charge in [-0.05, 0) is 24.3 Å². The maximum Gasteiger partial charge on any atom is 0.386 e. The Hall–Kier alpha value is -2.04. The molecule has 0 saturated carbocycles. The fraction of sp³-hybridized carbons (Fsp3) is 0.333. The van der Waals surface area contributed by atoms with E-state index in [1.54, 1.807) is 26.0 Å². The van der Waals surface area contributed by atoms with Gasteiger partial charge in [0.15, 0.2) is 0 Å². The minimum atomic E-state index is -0.721. The molecular weight excluding hydrogens is 224 g/mol. The Bertz CT molecular complexity index is 394. The lowest BCUT2D eigenvalue weighted by molar-refractivity contribution is -0.237. The van der Waals surface area contributed by atoms with Gasteiger partial charge in [-0.25, -0.2) is 19.4 Å². The van der Waals surface area contributed by atoms with Gasteiger partial charge < -0.3 is 4.74 Å². The molecule has 1 aromatic carbocycles. The summed E-state index contributed by atoms with van der Waals surface area (Å²) in [5.74, 6) is -1.03.